The smallest absolute Gasteiger partial charge is 0.255 e. The highest BCUT2D eigenvalue weighted by molar-refractivity contribution is 7.14. The summed E-state index contributed by atoms with van der Waals surface area (Å²) in [7, 11) is 0. The number of Topliss-reactive ketones (excluding diaryl/α,β-unsaturated/α-hetero) is 1. The van der Waals surface area contributed by atoms with Gasteiger partial charge in [0.1, 0.15) is 12.8 Å². The molecular weight excluding hydrogens is 398 g/mol. The van der Waals surface area contributed by atoms with Crippen LogP contribution in [0.2, 0.25) is 0 Å². The molecule has 5 nitrogen and oxygen atoms in total. The van der Waals surface area contributed by atoms with E-state index in [-0.39, 0.29) is 24.5 Å². The second kappa shape index (κ2) is 10.8. The monoisotopic (exact) mass is 429 g/mol. The Kier molecular flexibility index (Phi) is 8.19. The van der Waals surface area contributed by atoms with Crippen LogP contribution < -0.4 is 4.90 Å². The molecule has 3 rings (SSSR count). The van der Waals surface area contributed by atoms with Crippen molar-refractivity contribution in [2.45, 2.75) is 71.1 Å². The van der Waals surface area contributed by atoms with E-state index in [0.717, 1.165) is 61.1 Å². The number of ether oxygens (including phenoxy) is 1. The number of thiophene rings is 1. The van der Waals surface area contributed by atoms with Crippen molar-refractivity contribution in [3.05, 3.63) is 51.7 Å². The SMILES string of the molecule is CCCCC[C@H](O)c1ccc(N2C(=O)CO[C@@H]2CCCc2ccc(C(C)=O)s2)cc1. The fourth-order valence-corrected chi connectivity index (χ4v) is 4.70. The molecule has 1 aliphatic rings. The van der Waals surface area contributed by atoms with Crippen LogP contribution in [0.1, 0.15) is 78.6 Å². The van der Waals surface area contributed by atoms with Gasteiger partial charge in [0.05, 0.1) is 11.0 Å². The first-order valence-electron chi connectivity index (χ1n) is 10.8. The Bertz CT molecular complexity index is 845. The molecule has 0 bridgehead atoms. The maximum Gasteiger partial charge on any atom is 0.255 e. The molecule has 0 aliphatic carbocycles. The minimum Gasteiger partial charge on any atom is -0.388 e. The van der Waals surface area contributed by atoms with Gasteiger partial charge >= 0.3 is 0 Å². The Morgan fingerprint density at radius 3 is 2.63 bits per heavy atom. The number of unbranched alkanes of at least 4 members (excludes halogenated alkanes) is 2. The van der Waals surface area contributed by atoms with E-state index >= 15 is 0 Å². The van der Waals surface area contributed by atoms with Gasteiger partial charge in [0.25, 0.3) is 5.91 Å². The zero-order chi connectivity index (χ0) is 21.5. The second-order valence-corrected chi connectivity index (χ2v) is 9.02. The average molecular weight is 430 g/mol. The predicted octanol–water partition coefficient (Wildman–Crippen LogP) is 5.28. The number of carbonyl (C=O) groups excluding carboxylic acids is 2. The van der Waals surface area contributed by atoms with Crippen LogP contribution in [0.4, 0.5) is 5.69 Å². The van der Waals surface area contributed by atoms with Crippen LogP contribution in [0.15, 0.2) is 36.4 Å². The second-order valence-electron chi connectivity index (χ2n) is 7.85. The summed E-state index contributed by atoms with van der Waals surface area (Å²) in [6, 6.07) is 11.5. The molecule has 30 heavy (non-hydrogen) atoms. The van der Waals surface area contributed by atoms with Crippen molar-refractivity contribution in [3.63, 3.8) is 0 Å². The van der Waals surface area contributed by atoms with Crippen LogP contribution in [0, 0.1) is 0 Å². The van der Waals surface area contributed by atoms with Crippen LogP contribution in [-0.2, 0) is 16.0 Å². The topological polar surface area (TPSA) is 66.8 Å². The van der Waals surface area contributed by atoms with Crippen molar-refractivity contribution in [3.8, 4) is 0 Å². The Morgan fingerprint density at radius 2 is 1.97 bits per heavy atom. The van der Waals surface area contributed by atoms with Crippen LogP contribution in [0.3, 0.4) is 0 Å². The van der Waals surface area contributed by atoms with Crippen LogP contribution in [0.25, 0.3) is 0 Å². The van der Waals surface area contributed by atoms with E-state index in [1.165, 1.54) is 16.2 Å². The molecule has 0 radical (unpaired) electrons. The fraction of sp³-hybridized carbons (Fsp3) is 0.500. The van der Waals surface area contributed by atoms with E-state index in [9.17, 15) is 14.7 Å². The number of aryl methyl sites for hydroxylation is 1. The third-order valence-corrected chi connectivity index (χ3v) is 6.72. The summed E-state index contributed by atoms with van der Waals surface area (Å²) in [6.07, 6.45) is 5.77. The summed E-state index contributed by atoms with van der Waals surface area (Å²) >= 11 is 1.54. The van der Waals surface area contributed by atoms with Crippen molar-refractivity contribution in [1.29, 1.82) is 0 Å². The Labute approximate surface area is 182 Å². The summed E-state index contributed by atoms with van der Waals surface area (Å²) in [5, 5.41) is 10.3. The van der Waals surface area contributed by atoms with Crippen molar-refractivity contribution in [2.24, 2.45) is 0 Å². The number of hydrogen-bond acceptors (Lipinski definition) is 5. The molecule has 1 N–H and O–H groups in total. The van der Waals surface area contributed by atoms with Crippen molar-refractivity contribution in [1.82, 2.24) is 0 Å². The van der Waals surface area contributed by atoms with E-state index < -0.39 is 6.10 Å². The molecule has 2 heterocycles. The van der Waals surface area contributed by atoms with Crippen LogP contribution in [-0.4, -0.2) is 29.6 Å². The first kappa shape index (κ1) is 22.7. The molecule has 2 atom stereocenters. The van der Waals surface area contributed by atoms with Gasteiger partial charge in [-0.15, -0.1) is 11.3 Å². The third-order valence-electron chi connectivity index (χ3n) is 5.48. The number of anilines is 1. The minimum atomic E-state index is -0.461. The molecule has 2 aromatic rings. The number of nitrogens with zero attached hydrogens (tertiary/aromatic N) is 1. The van der Waals surface area contributed by atoms with Crippen molar-refractivity contribution in [2.75, 3.05) is 11.5 Å². The first-order valence-corrected chi connectivity index (χ1v) is 11.6. The third kappa shape index (κ3) is 5.78. The van der Waals surface area contributed by atoms with Crippen LogP contribution >= 0.6 is 11.3 Å². The van der Waals surface area contributed by atoms with Crippen molar-refractivity contribution >= 4 is 28.7 Å². The minimum absolute atomic E-state index is 0.0359. The van der Waals surface area contributed by atoms with Gasteiger partial charge in [0.15, 0.2) is 5.78 Å². The average Bonchev–Trinajstić information content (AvgIpc) is 3.35. The summed E-state index contributed by atoms with van der Waals surface area (Å²) in [6.45, 7) is 3.83. The predicted molar refractivity (Wildman–Crippen MR) is 120 cm³/mol. The number of aliphatic hydroxyl groups excluding tert-OH is 1. The Hall–Kier alpha value is -2.02. The molecule has 1 aromatic heterocycles. The lowest BCUT2D eigenvalue weighted by Crippen LogP contribution is -2.33. The van der Waals surface area contributed by atoms with Gasteiger partial charge in [-0.2, -0.15) is 0 Å². The molecule has 1 saturated heterocycles. The standard InChI is InChI=1S/C24H31NO4S/c1-3-4-5-8-21(27)18-10-12-19(13-11-18)25-23(28)16-29-24(25)9-6-7-20-14-15-22(30-20)17(2)26/h10-15,21,24,27H,3-9,16H2,1-2H3/t21-,24+/m0/s1. The first-order chi connectivity index (χ1) is 14.5. The summed E-state index contributed by atoms with van der Waals surface area (Å²) < 4.78 is 5.73. The number of benzene rings is 1. The fourth-order valence-electron chi connectivity index (χ4n) is 3.76. The molecular formula is C24H31NO4S. The normalized spacial score (nSPS) is 17.5. The summed E-state index contributed by atoms with van der Waals surface area (Å²) in [5.41, 5.74) is 1.69. The molecule has 0 spiro atoms. The van der Waals surface area contributed by atoms with E-state index in [0.29, 0.717) is 0 Å². The largest absolute Gasteiger partial charge is 0.388 e. The van der Waals surface area contributed by atoms with Gasteiger partial charge in [-0.25, -0.2) is 0 Å². The molecule has 1 fully saturated rings. The number of amides is 1. The zero-order valence-corrected chi connectivity index (χ0v) is 18.6. The summed E-state index contributed by atoms with van der Waals surface area (Å²) in [5.74, 6) is 0.0623. The Morgan fingerprint density at radius 1 is 1.20 bits per heavy atom. The van der Waals surface area contributed by atoms with E-state index in [1.54, 1.807) is 11.8 Å². The number of rotatable bonds is 11. The number of carbonyl (C=O) groups is 2. The van der Waals surface area contributed by atoms with E-state index in [2.05, 4.69) is 6.92 Å². The van der Waals surface area contributed by atoms with Gasteiger partial charge in [-0.05, 0) is 62.4 Å². The van der Waals surface area contributed by atoms with Crippen molar-refractivity contribution < 1.29 is 19.4 Å². The lowest BCUT2D eigenvalue weighted by Gasteiger charge is -2.23. The maximum atomic E-state index is 12.4. The molecule has 162 valence electrons. The summed E-state index contributed by atoms with van der Waals surface area (Å²) in [4.78, 5) is 27.5. The van der Waals surface area contributed by atoms with E-state index in [1.807, 2.05) is 36.4 Å². The number of hydrogen-bond donors (Lipinski definition) is 1. The maximum absolute atomic E-state index is 12.4. The quantitative estimate of drug-likeness (QED) is 0.390. The van der Waals surface area contributed by atoms with Gasteiger partial charge < -0.3 is 9.84 Å². The molecule has 0 saturated carbocycles. The zero-order valence-electron chi connectivity index (χ0n) is 17.8. The highest BCUT2D eigenvalue weighted by atomic mass is 32.1. The van der Waals surface area contributed by atoms with Gasteiger partial charge in [-0.1, -0.05) is 38.3 Å². The lowest BCUT2D eigenvalue weighted by atomic mass is 10.0. The molecule has 1 amide bonds. The highest BCUT2D eigenvalue weighted by Gasteiger charge is 2.32. The molecule has 1 aromatic carbocycles. The van der Waals surface area contributed by atoms with E-state index in [4.69, 9.17) is 4.74 Å². The molecule has 6 heteroatoms. The lowest BCUT2D eigenvalue weighted by molar-refractivity contribution is -0.117. The van der Waals surface area contributed by atoms with Gasteiger partial charge in [-0.3, -0.25) is 14.5 Å². The number of ketones is 1. The van der Waals surface area contributed by atoms with Crippen LogP contribution in [0.5, 0.6) is 0 Å². The molecule has 1 aliphatic heterocycles. The Balaban J connectivity index is 1.56. The molecule has 0 unspecified atom stereocenters. The van der Waals surface area contributed by atoms with Gasteiger partial charge in [0.2, 0.25) is 0 Å². The van der Waals surface area contributed by atoms with Gasteiger partial charge in [0, 0.05) is 10.6 Å². The number of aliphatic hydroxyl groups is 1. The highest BCUT2D eigenvalue weighted by Crippen LogP contribution is 2.29.